The SMILES string of the molecule is CCCC1CN(c2c(Br)cccc2Br)CCN1. The first-order valence-corrected chi connectivity index (χ1v) is 7.73. The molecular weight excluding hydrogens is 344 g/mol. The third-order valence-corrected chi connectivity index (χ3v) is 4.43. The molecule has 1 atom stereocenters. The van der Waals surface area contributed by atoms with Gasteiger partial charge in [-0.05, 0) is 50.4 Å². The van der Waals surface area contributed by atoms with Crippen LogP contribution in [0.15, 0.2) is 27.1 Å². The monoisotopic (exact) mass is 360 g/mol. The molecule has 0 aliphatic carbocycles. The molecule has 1 aliphatic rings. The summed E-state index contributed by atoms with van der Waals surface area (Å²) >= 11 is 7.30. The third kappa shape index (κ3) is 3.24. The Morgan fingerprint density at radius 3 is 2.71 bits per heavy atom. The molecule has 0 aromatic heterocycles. The number of anilines is 1. The predicted molar refractivity (Wildman–Crippen MR) is 80.8 cm³/mol. The maximum atomic E-state index is 3.65. The van der Waals surface area contributed by atoms with Gasteiger partial charge in [-0.25, -0.2) is 0 Å². The summed E-state index contributed by atoms with van der Waals surface area (Å²) < 4.78 is 2.34. The van der Waals surface area contributed by atoms with E-state index in [1.807, 2.05) is 0 Å². The second kappa shape index (κ2) is 6.21. The number of nitrogens with one attached hydrogen (secondary N) is 1. The van der Waals surface area contributed by atoms with Gasteiger partial charge >= 0.3 is 0 Å². The fourth-order valence-electron chi connectivity index (χ4n) is 2.36. The summed E-state index contributed by atoms with van der Waals surface area (Å²) in [7, 11) is 0. The van der Waals surface area contributed by atoms with Gasteiger partial charge in [-0.2, -0.15) is 0 Å². The highest BCUT2D eigenvalue weighted by Crippen LogP contribution is 2.34. The zero-order valence-electron chi connectivity index (χ0n) is 10.0. The van der Waals surface area contributed by atoms with Crippen LogP contribution in [0.5, 0.6) is 0 Å². The Morgan fingerprint density at radius 2 is 2.06 bits per heavy atom. The minimum Gasteiger partial charge on any atom is -0.367 e. The van der Waals surface area contributed by atoms with E-state index in [-0.39, 0.29) is 0 Å². The lowest BCUT2D eigenvalue weighted by atomic mass is 10.1. The van der Waals surface area contributed by atoms with Crippen LogP contribution < -0.4 is 10.2 Å². The van der Waals surface area contributed by atoms with Crippen molar-refractivity contribution in [2.45, 2.75) is 25.8 Å². The Balaban J connectivity index is 2.16. The molecule has 94 valence electrons. The van der Waals surface area contributed by atoms with E-state index in [2.05, 4.69) is 67.2 Å². The minimum absolute atomic E-state index is 0.618. The normalized spacial score (nSPS) is 20.6. The summed E-state index contributed by atoms with van der Waals surface area (Å²) in [5, 5.41) is 3.59. The summed E-state index contributed by atoms with van der Waals surface area (Å²) in [6, 6.07) is 6.89. The quantitative estimate of drug-likeness (QED) is 0.881. The van der Waals surface area contributed by atoms with E-state index in [4.69, 9.17) is 0 Å². The van der Waals surface area contributed by atoms with Crippen LogP contribution in [0.2, 0.25) is 0 Å². The van der Waals surface area contributed by atoms with Gasteiger partial charge < -0.3 is 10.2 Å². The van der Waals surface area contributed by atoms with Crippen molar-refractivity contribution >= 4 is 37.5 Å². The molecular formula is C13H18Br2N2. The molecule has 1 N–H and O–H groups in total. The predicted octanol–water partition coefficient (Wildman–Crippen LogP) is 3.79. The second-order valence-electron chi connectivity index (χ2n) is 4.46. The molecule has 17 heavy (non-hydrogen) atoms. The van der Waals surface area contributed by atoms with Crippen LogP contribution in [0.25, 0.3) is 0 Å². The largest absolute Gasteiger partial charge is 0.367 e. The molecule has 1 unspecified atom stereocenters. The van der Waals surface area contributed by atoms with Crippen LogP contribution in [0.1, 0.15) is 19.8 Å². The Hall–Kier alpha value is -0.0600. The van der Waals surface area contributed by atoms with Crippen LogP contribution in [-0.2, 0) is 0 Å². The molecule has 1 aliphatic heterocycles. The van der Waals surface area contributed by atoms with Gasteiger partial charge in [0.2, 0.25) is 0 Å². The Labute approximate surface area is 120 Å². The van der Waals surface area contributed by atoms with Crippen molar-refractivity contribution in [3.05, 3.63) is 27.1 Å². The molecule has 0 amide bonds. The summed E-state index contributed by atoms with van der Waals surface area (Å²) in [6.07, 6.45) is 2.49. The number of para-hydroxylation sites is 1. The highest BCUT2D eigenvalue weighted by molar-refractivity contribution is 9.11. The summed E-state index contributed by atoms with van der Waals surface area (Å²) in [6.45, 7) is 5.48. The standard InChI is InChI=1S/C13H18Br2N2/c1-2-4-10-9-17(8-7-16-10)13-11(14)5-3-6-12(13)15/h3,5-6,10,16H,2,4,7-9H2,1H3. The number of halogens is 2. The molecule has 2 rings (SSSR count). The van der Waals surface area contributed by atoms with E-state index in [0.29, 0.717) is 6.04 Å². The van der Waals surface area contributed by atoms with Gasteiger partial charge in [-0.15, -0.1) is 0 Å². The van der Waals surface area contributed by atoms with Crippen molar-refractivity contribution in [1.29, 1.82) is 0 Å². The molecule has 1 heterocycles. The topological polar surface area (TPSA) is 15.3 Å². The number of benzene rings is 1. The molecule has 1 aromatic rings. The van der Waals surface area contributed by atoms with Crippen LogP contribution >= 0.6 is 31.9 Å². The smallest absolute Gasteiger partial charge is 0.0655 e. The van der Waals surface area contributed by atoms with E-state index in [1.165, 1.54) is 27.5 Å². The van der Waals surface area contributed by atoms with Crippen molar-refractivity contribution in [3.63, 3.8) is 0 Å². The lowest BCUT2D eigenvalue weighted by Crippen LogP contribution is -2.50. The molecule has 1 saturated heterocycles. The van der Waals surface area contributed by atoms with Crippen molar-refractivity contribution < 1.29 is 0 Å². The third-order valence-electron chi connectivity index (χ3n) is 3.15. The Kier molecular flexibility index (Phi) is 4.88. The minimum atomic E-state index is 0.618. The summed E-state index contributed by atoms with van der Waals surface area (Å²) in [5.74, 6) is 0. The molecule has 1 fully saturated rings. The number of piperazine rings is 1. The maximum absolute atomic E-state index is 3.65. The first kappa shape index (κ1) is 13.4. The highest BCUT2D eigenvalue weighted by atomic mass is 79.9. The molecule has 0 spiro atoms. The van der Waals surface area contributed by atoms with Gasteiger partial charge in [0, 0.05) is 34.6 Å². The van der Waals surface area contributed by atoms with E-state index < -0.39 is 0 Å². The first-order valence-electron chi connectivity index (χ1n) is 6.14. The molecule has 4 heteroatoms. The number of nitrogens with zero attached hydrogens (tertiary/aromatic N) is 1. The zero-order chi connectivity index (χ0) is 12.3. The van der Waals surface area contributed by atoms with Crippen LogP contribution in [0.4, 0.5) is 5.69 Å². The lowest BCUT2D eigenvalue weighted by molar-refractivity contribution is 0.430. The summed E-state index contributed by atoms with van der Waals surface area (Å²) in [4.78, 5) is 2.46. The van der Waals surface area contributed by atoms with Crippen LogP contribution in [0, 0.1) is 0 Å². The van der Waals surface area contributed by atoms with Gasteiger partial charge in [0.05, 0.1) is 5.69 Å². The van der Waals surface area contributed by atoms with Crippen molar-refractivity contribution in [3.8, 4) is 0 Å². The molecule has 0 bridgehead atoms. The number of hydrogen-bond donors (Lipinski definition) is 1. The number of hydrogen-bond acceptors (Lipinski definition) is 2. The van der Waals surface area contributed by atoms with Gasteiger partial charge in [0.1, 0.15) is 0 Å². The van der Waals surface area contributed by atoms with Gasteiger partial charge in [-0.3, -0.25) is 0 Å². The number of rotatable bonds is 3. The van der Waals surface area contributed by atoms with E-state index >= 15 is 0 Å². The summed E-state index contributed by atoms with van der Waals surface area (Å²) in [5.41, 5.74) is 1.29. The molecule has 0 saturated carbocycles. The zero-order valence-corrected chi connectivity index (χ0v) is 13.2. The van der Waals surface area contributed by atoms with Gasteiger partial charge in [-0.1, -0.05) is 19.4 Å². The first-order chi connectivity index (χ1) is 8.22. The van der Waals surface area contributed by atoms with Gasteiger partial charge in [0.15, 0.2) is 0 Å². The highest BCUT2D eigenvalue weighted by Gasteiger charge is 2.21. The van der Waals surface area contributed by atoms with Gasteiger partial charge in [0.25, 0.3) is 0 Å². The Bertz CT molecular complexity index is 359. The van der Waals surface area contributed by atoms with Crippen molar-refractivity contribution in [2.75, 3.05) is 24.5 Å². The molecule has 2 nitrogen and oxygen atoms in total. The fraction of sp³-hybridized carbons (Fsp3) is 0.538. The molecule has 0 radical (unpaired) electrons. The van der Waals surface area contributed by atoms with E-state index in [9.17, 15) is 0 Å². The van der Waals surface area contributed by atoms with Crippen molar-refractivity contribution in [1.82, 2.24) is 5.32 Å². The van der Waals surface area contributed by atoms with E-state index in [1.54, 1.807) is 0 Å². The Morgan fingerprint density at radius 1 is 1.35 bits per heavy atom. The fourth-order valence-corrected chi connectivity index (χ4v) is 3.86. The second-order valence-corrected chi connectivity index (χ2v) is 6.16. The van der Waals surface area contributed by atoms with Crippen molar-refractivity contribution in [2.24, 2.45) is 0 Å². The van der Waals surface area contributed by atoms with Crippen LogP contribution in [0.3, 0.4) is 0 Å². The maximum Gasteiger partial charge on any atom is 0.0655 e. The average Bonchev–Trinajstić information content (AvgIpc) is 2.30. The van der Waals surface area contributed by atoms with E-state index in [0.717, 1.165) is 19.6 Å². The van der Waals surface area contributed by atoms with Crippen LogP contribution in [-0.4, -0.2) is 25.7 Å². The lowest BCUT2D eigenvalue weighted by Gasteiger charge is -2.36. The molecule has 1 aromatic carbocycles. The average molecular weight is 362 g/mol.